The second-order valence-electron chi connectivity index (χ2n) is 16.8. The Kier molecular flexibility index (Phi) is 37.4. The number of nitrogens with zero attached hydrogens (tertiary/aromatic N) is 1. The Labute approximate surface area is 340 Å². The van der Waals surface area contributed by atoms with Crippen molar-refractivity contribution in [3.8, 4) is 0 Å². The molecule has 55 heavy (non-hydrogen) atoms. The molecule has 0 aliphatic rings. The van der Waals surface area contributed by atoms with Crippen LogP contribution in [-0.4, -0.2) is 73.4 Å². The summed E-state index contributed by atoms with van der Waals surface area (Å²) in [5, 5.41) is 13.7. The number of allylic oxidation sites excluding steroid dienone is 5. The highest BCUT2D eigenvalue weighted by atomic mass is 31.2. The summed E-state index contributed by atoms with van der Waals surface area (Å²) in [4.78, 5) is 23.1. The van der Waals surface area contributed by atoms with E-state index in [0.29, 0.717) is 17.4 Å². The number of carbonyl (C=O) groups is 1. The SMILES string of the molecule is CCCCCC/C=C/CC/C=C/C(O)C(COP(=O)(O)OCC[N+](C)(C)C)NC(=O)CCCCCCCCC/C=C\CCCCCCCCCCCCCC. The third kappa shape index (κ3) is 40.7. The summed E-state index contributed by atoms with van der Waals surface area (Å²) in [7, 11) is 1.55. The Morgan fingerprint density at radius 1 is 0.600 bits per heavy atom. The largest absolute Gasteiger partial charge is 0.472 e. The highest BCUT2D eigenvalue weighted by Crippen LogP contribution is 2.43. The number of amides is 1. The zero-order valence-electron chi connectivity index (χ0n) is 36.7. The molecule has 0 aliphatic carbocycles. The van der Waals surface area contributed by atoms with E-state index in [4.69, 9.17) is 9.05 Å². The Morgan fingerprint density at radius 2 is 1.00 bits per heavy atom. The molecular weight excluding hydrogens is 707 g/mol. The molecule has 1 amide bonds. The number of hydrogen-bond acceptors (Lipinski definition) is 5. The second kappa shape index (κ2) is 38.2. The van der Waals surface area contributed by atoms with Gasteiger partial charge in [-0.2, -0.15) is 0 Å². The lowest BCUT2D eigenvalue weighted by atomic mass is 10.0. The van der Waals surface area contributed by atoms with Crippen LogP contribution in [0, 0.1) is 0 Å². The second-order valence-corrected chi connectivity index (χ2v) is 18.2. The minimum atomic E-state index is -4.34. The number of aliphatic hydroxyl groups excluding tert-OH is 1. The van der Waals surface area contributed by atoms with E-state index in [1.807, 2.05) is 27.2 Å². The zero-order valence-corrected chi connectivity index (χ0v) is 37.6. The van der Waals surface area contributed by atoms with Gasteiger partial charge in [-0.1, -0.05) is 172 Å². The molecule has 8 nitrogen and oxygen atoms in total. The molecule has 3 unspecified atom stereocenters. The highest BCUT2D eigenvalue weighted by Gasteiger charge is 2.27. The standard InChI is InChI=1S/C46H89N2O6P/c1-6-8-10-12-14-16-18-19-20-21-22-23-24-25-26-27-28-29-30-32-34-36-38-40-46(50)47-44(43-54-55(51,52)53-42-41-48(3,4)5)45(49)39-37-35-33-31-17-15-13-11-9-7-2/h17,25-26,31,37,39,44-45,49H,6-16,18-24,27-30,32-36,38,40-43H2,1-5H3,(H-,47,50,51,52)/p+1/b26-25-,31-17+,39-37+. The number of aliphatic hydroxyl groups is 1. The lowest BCUT2D eigenvalue weighted by Crippen LogP contribution is -2.45. The quantitative estimate of drug-likeness (QED) is 0.0246. The number of unbranched alkanes of at least 4 members (excludes halogenated alkanes) is 24. The molecule has 0 saturated heterocycles. The maximum absolute atomic E-state index is 12.8. The summed E-state index contributed by atoms with van der Waals surface area (Å²) in [5.74, 6) is -0.193. The van der Waals surface area contributed by atoms with Crippen LogP contribution in [0.25, 0.3) is 0 Å². The summed E-state index contributed by atoms with van der Waals surface area (Å²) in [5.41, 5.74) is 0. The number of carbonyl (C=O) groups excluding carboxylic acids is 1. The first-order chi connectivity index (χ1) is 26.5. The first kappa shape index (κ1) is 53.7. The van der Waals surface area contributed by atoms with Gasteiger partial charge in [0.15, 0.2) is 0 Å². The molecule has 0 aromatic carbocycles. The van der Waals surface area contributed by atoms with Crippen molar-refractivity contribution in [1.82, 2.24) is 5.32 Å². The fourth-order valence-electron chi connectivity index (χ4n) is 6.40. The normalized spacial score (nSPS) is 14.7. The van der Waals surface area contributed by atoms with Crippen molar-refractivity contribution in [2.24, 2.45) is 0 Å². The molecular formula is C46H90N2O6P+. The number of phosphoric acid groups is 1. The fraction of sp³-hybridized carbons (Fsp3) is 0.848. The summed E-state index contributed by atoms with van der Waals surface area (Å²) in [6.07, 6.45) is 46.6. The molecule has 324 valence electrons. The zero-order chi connectivity index (χ0) is 40.7. The van der Waals surface area contributed by atoms with E-state index >= 15 is 0 Å². The van der Waals surface area contributed by atoms with Crippen LogP contribution >= 0.6 is 7.82 Å². The third-order valence-electron chi connectivity index (χ3n) is 10.1. The highest BCUT2D eigenvalue weighted by molar-refractivity contribution is 7.47. The van der Waals surface area contributed by atoms with Crippen LogP contribution in [0.2, 0.25) is 0 Å². The molecule has 0 fully saturated rings. The van der Waals surface area contributed by atoms with Gasteiger partial charge >= 0.3 is 7.82 Å². The monoisotopic (exact) mass is 798 g/mol. The van der Waals surface area contributed by atoms with Crippen molar-refractivity contribution in [1.29, 1.82) is 0 Å². The van der Waals surface area contributed by atoms with Crippen LogP contribution in [0.15, 0.2) is 36.5 Å². The topological polar surface area (TPSA) is 105 Å². The summed E-state index contributed by atoms with van der Waals surface area (Å²) < 4.78 is 23.5. The molecule has 3 atom stereocenters. The van der Waals surface area contributed by atoms with Crippen molar-refractivity contribution >= 4 is 13.7 Å². The maximum atomic E-state index is 12.8. The van der Waals surface area contributed by atoms with Gasteiger partial charge in [0.25, 0.3) is 0 Å². The average Bonchev–Trinajstić information content (AvgIpc) is 3.13. The third-order valence-corrected chi connectivity index (χ3v) is 11.1. The van der Waals surface area contributed by atoms with E-state index < -0.39 is 20.0 Å². The Hall–Kier alpha value is -1.28. The van der Waals surface area contributed by atoms with Crippen LogP contribution in [0.1, 0.15) is 200 Å². The van der Waals surface area contributed by atoms with Crippen LogP contribution in [-0.2, 0) is 18.4 Å². The number of quaternary nitrogens is 1. The molecule has 0 heterocycles. The Bertz CT molecular complexity index is 995. The summed E-state index contributed by atoms with van der Waals surface area (Å²) in [6.45, 7) is 4.75. The predicted octanol–water partition coefficient (Wildman–Crippen LogP) is 12.7. The minimum absolute atomic E-state index is 0.0550. The van der Waals surface area contributed by atoms with E-state index in [9.17, 15) is 19.4 Å². The van der Waals surface area contributed by atoms with Gasteiger partial charge in [-0.15, -0.1) is 0 Å². The molecule has 0 aliphatic heterocycles. The van der Waals surface area contributed by atoms with Gasteiger partial charge in [0.05, 0.1) is 39.9 Å². The first-order valence-corrected chi connectivity index (χ1v) is 24.4. The molecule has 0 aromatic rings. The molecule has 3 N–H and O–H groups in total. The molecule has 0 rings (SSSR count). The molecule has 0 bridgehead atoms. The fourth-order valence-corrected chi connectivity index (χ4v) is 7.14. The molecule has 0 radical (unpaired) electrons. The lowest BCUT2D eigenvalue weighted by Gasteiger charge is -2.25. The van der Waals surface area contributed by atoms with Crippen LogP contribution < -0.4 is 5.32 Å². The van der Waals surface area contributed by atoms with Gasteiger partial charge in [0.2, 0.25) is 5.91 Å². The van der Waals surface area contributed by atoms with Gasteiger partial charge in [-0.3, -0.25) is 13.8 Å². The van der Waals surface area contributed by atoms with Gasteiger partial charge in [0, 0.05) is 6.42 Å². The van der Waals surface area contributed by atoms with Crippen LogP contribution in [0.4, 0.5) is 0 Å². The van der Waals surface area contributed by atoms with Crippen LogP contribution in [0.3, 0.4) is 0 Å². The Morgan fingerprint density at radius 3 is 1.47 bits per heavy atom. The predicted molar refractivity (Wildman–Crippen MR) is 235 cm³/mol. The average molecular weight is 798 g/mol. The van der Waals surface area contributed by atoms with Crippen molar-refractivity contribution < 1.29 is 32.9 Å². The number of phosphoric ester groups is 1. The number of likely N-dealkylation sites (N-methyl/N-ethyl adjacent to an activating group) is 1. The first-order valence-electron chi connectivity index (χ1n) is 22.9. The van der Waals surface area contributed by atoms with Crippen molar-refractivity contribution in [2.45, 2.75) is 212 Å². The number of hydrogen-bond donors (Lipinski definition) is 3. The minimum Gasteiger partial charge on any atom is -0.387 e. The van der Waals surface area contributed by atoms with Gasteiger partial charge in [0.1, 0.15) is 13.2 Å². The van der Waals surface area contributed by atoms with E-state index in [2.05, 4.69) is 43.5 Å². The number of rotatable bonds is 41. The molecule has 0 aromatic heterocycles. The molecule has 0 saturated carbocycles. The number of nitrogens with one attached hydrogen (secondary N) is 1. The van der Waals surface area contributed by atoms with E-state index in [0.717, 1.165) is 38.5 Å². The van der Waals surface area contributed by atoms with Gasteiger partial charge in [-0.25, -0.2) is 4.57 Å². The van der Waals surface area contributed by atoms with Crippen molar-refractivity contribution in [3.05, 3.63) is 36.5 Å². The van der Waals surface area contributed by atoms with Gasteiger partial charge in [-0.05, 0) is 57.8 Å². The van der Waals surface area contributed by atoms with Crippen molar-refractivity contribution in [3.63, 3.8) is 0 Å². The van der Waals surface area contributed by atoms with Gasteiger partial charge < -0.3 is 19.8 Å². The lowest BCUT2D eigenvalue weighted by molar-refractivity contribution is -0.870. The molecule has 0 spiro atoms. The van der Waals surface area contributed by atoms with Crippen LogP contribution in [0.5, 0.6) is 0 Å². The maximum Gasteiger partial charge on any atom is 0.472 e. The summed E-state index contributed by atoms with van der Waals surface area (Å²) in [6, 6.07) is -0.862. The van der Waals surface area contributed by atoms with E-state index in [1.54, 1.807) is 6.08 Å². The van der Waals surface area contributed by atoms with E-state index in [1.165, 1.54) is 141 Å². The summed E-state index contributed by atoms with van der Waals surface area (Å²) >= 11 is 0. The smallest absolute Gasteiger partial charge is 0.387 e. The molecule has 9 heteroatoms. The Balaban J connectivity index is 4.26. The van der Waals surface area contributed by atoms with E-state index in [-0.39, 0.29) is 19.1 Å². The van der Waals surface area contributed by atoms with Crippen molar-refractivity contribution in [2.75, 3.05) is 40.9 Å².